The number of aromatic nitrogens is 4. The topological polar surface area (TPSA) is 98.7 Å². The summed E-state index contributed by atoms with van der Waals surface area (Å²) in [5.74, 6) is 5.75. The number of carbonyl (C=O) groups is 1. The number of benzene rings is 2. The van der Waals surface area contributed by atoms with E-state index >= 15 is 0 Å². The fraction of sp³-hybridized carbons (Fsp3) is 0.100. The maximum atomic E-state index is 13.5. The van der Waals surface area contributed by atoms with E-state index in [1.807, 2.05) is 35.7 Å². The van der Waals surface area contributed by atoms with Gasteiger partial charge in [0, 0.05) is 16.5 Å². The molecule has 0 aliphatic rings. The van der Waals surface area contributed by atoms with Crippen LogP contribution in [0.15, 0.2) is 65.1 Å². The van der Waals surface area contributed by atoms with Crippen molar-refractivity contribution in [1.82, 2.24) is 19.9 Å². The van der Waals surface area contributed by atoms with Crippen LogP contribution in [0.1, 0.15) is 6.92 Å². The lowest BCUT2D eigenvalue weighted by molar-refractivity contribution is -0.115. The average molecular weight is 441 g/mol. The normalized spacial score (nSPS) is 11.9. The molecule has 1 atom stereocenters. The number of thiazole rings is 1. The molecule has 10 heteroatoms. The molecule has 2 aromatic carbocycles. The zero-order valence-electron chi connectivity index (χ0n) is 15.8. The summed E-state index contributed by atoms with van der Waals surface area (Å²) in [6.07, 6.45) is 0. The smallest absolute Gasteiger partial charge is 0.239 e. The van der Waals surface area contributed by atoms with E-state index in [-0.39, 0.29) is 5.91 Å². The number of carbonyl (C=O) groups excluding carboxylic acids is 1. The maximum Gasteiger partial charge on any atom is 0.239 e. The Bertz CT molecular complexity index is 1180. The standard InChI is InChI=1S/C20H17FN6OS2/c1-12(18(28)24-19-23-16(11-29-19)13-6-3-2-4-7-13)30-20-26-25-17(27(20)22)14-8-5-9-15(21)10-14/h2-12H,22H2,1H3,(H,23,24,28)/t12-/m1/s1. The number of nitrogens with zero attached hydrogens (tertiary/aromatic N) is 4. The molecule has 1 amide bonds. The lowest BCUT2D eigenvalue weighted by Crippen LogP contribution is -2.23. The Kier molecular flexibility index (Phi) is 5.77. The lowest BCUT2D eigenvalue weighted by atomic mass is 10.2. The molecule has 0 bridgehead atoms. The Morgan fingerprint density at radius 2 is 1.93 bits per heavy atom. The minimum absolute atomic E-state index is 0.232. The van der Waals surface area contributed by atoms with Gasteiger partial charge in [0.25, 0.3) is 0 Å². The van der Waals surface area contributed by atoms with Crippen molar-refractivity contribution < 1.29 is 9.18 Å². The summed E-state index contributed by atoms with van der Waals surface area (Å²) in [5, 5.41) is 13.1. The van der Waals surface area contributed by atoms with Crippen LogP contribution in [-0.2, 0) is 4.79 Å². The highest BCUT2D eigenvalue weighted by Crippen LogP contribution is 2.28. The van der Waals surface area contributed by atoms with Crippen LogP contribution in [-0.4, -0.2) is 31.0 Å². The monoisotopic (exact) mass is 440 g/mol. The van der Waals surface area contributed by atoms with Gasteiger partial charge in [0.05, 0.1) is 10.9 Å². The molecule has 0 fully saturated rings. The van der Waals surface area contributed by atoms with Gasteiger partial charge in [-0.1, -0.05) is 54.2 Å². The van der Waals surface area contributed by atoms with Gasteiger partial charge < -0.3 is 11.2 Å². The van der Waals surface area contributed by atoms with Gasteiger partial charge in [-0.05, 0) is 19.1 Å². The Labute approximate surface area is 180 Å². The predicted octanol–water partition coefficient (Wildman–Crippen LogP) is 4.04. The maximum absolute atomic E-state index is 13.5. The molecule has 0 aliphatic carbocycles. The van der Waals surface area contributed by atoms with Gasteiger partial charge in [-0.2, -0.15) is 0 Å². The SMILES string of the molecule is C[C@@H](Sc1nnc(-c2cccc(F)c2)n1N)C(=O)Nc1nc(-c2ccccc2)cs1. The predicted molar refractivity (Wildman–Crippen MR) is 117 cm³/mol. The van der Waals surface area contributed by atoms with Crippen molar-refractivity contribution in [3.8, 4) is 22.6 Å². The summed E-state index contributed by atoms with van der Waals surface area (Å²) in [6.45, 7) is 1.74. The quantitative estimate of drug-likeness (QED) is 0.347. The molecule has 152 valence electrons. The zero-order valence-corrected chi connectivity index (χ0v) is 17.5. The van der Waals surface area contributed by atoms with E-state index in [1.165, 1.54) is 28.1 Å². The minimum atomic E-state index is -0.499. The van der Waals surface area contributed by atoms with Gasteiger partial charge in [-0.15, -0.1) is 21.5 Å². The van der Waals surface area contributed by atoms with E-state index in [0.29, 0.717) is 21.7 Å². The molecule has 0 saturated heterocycles. The van der Waals surface area contributed by atoms with Crippen LogP contribution in [0.2, 0.25) is 0 Å². The summed E-state index contributed by atoms with van der Waals surface area (Å²) in [5.41, 5.74) is 2.29. The van der Waals surface area contributed by atoms with E-state index in [9.17, 15) is 9.18 Å². The van der Waals surface area contributed by atoms with Crippen molar-refractivity contribution in [2.24, 2.45) is 0 Å². The second kappa shape index (κ2) is 8.64. The average Bonchev–Trinajstić information content (AvgIpc) is 3.36. The molecule has 0 radical (unpaired) electrons. The van der Waals surface area contributed by atoms with E-state index in [4.69, 9.17) is 5.84 Å². The van der Waals surface area contributed by atoms with Gasteiger partial charge in [-0.25, -0.2) is 14.1 Å². The van der Waals surface area contributed by atoms with Crippen LogP contribution in [0, 0.1) is 5.82 Å². The number of halogens is 1. The van der Waals surface area contributed by atoms with Crippen LogP contribution in [0.3, 0.4) is 0 Å². The molecule has 0 unspecified atom stereocenters. The molecule has 2 heterocycles. The number of nitrogens with one attached hydrogen (secondary N) is 1. The fourth-order valence-electron chi connectivity index (χ4n) is 2.67. The van der Waals surface area contributed by atoms with Crippen molar-refractivity contribution in [3.63, 3.8) is 0 Å². The van der Waals surface area contributed by atoms with Crippen LogP contribution in [0.25, 0.3) is 22.6 Å². The highest BCUT2D eigenvalue weighted by Gasteiger charge is 2.21. The summed E-state index contributed by atoms with van der Waals surface area (Å²) >= 11 is 2.51. The summed E-state index contributed by atoms with van der Waals surface area (Å²) in [7, 11) is 0. The number of thioether (sulfide) groups is 1. The molecule has 0 spiro atoms. The zero-order chi connectivity index (χ0) is 21.1. The fourth-order valence-corrected chi connectivity index (χ4v) is 4.17. The summed E-state index contributed by atoms with van der Waals surface area (Å²) in [6, 6.07) is 15.7. The van der Waals surface area contributed by atoms with E-state index < -0.39 is 11.1 Å². The largest absolute Gasteiger partial charge is 0.335 e. The van der Waals surface area contributed by atoms with Crippen LogP contribution in [0.5, 0.6) is 0 Å². The first-order valence-corrected chi connectivity index (χ1v) is 10.7. The Balaban J connectivity index is 1.43. The van der Waals surface area contributed by atoms with Crippen molar-refractivity contribution >= 4 is 34.1 Å². The molecule has 4 aromatic rings. The van der Waals surface area contributed by atoms with Gasteiger partial charge in [0.2, 0.25) is 11.1 Å². The van der Waals surface area contributed by atoms with Gasteiger partial charge in [0.1, 0.15) is 5.82 Å². The number of anilines is 1. The second-order valence-corrected chi connectivity index (χ2v) is 8.51. The lowest BCUT2D eigenvalue weighted by Gasteiger charge is -2.10. The molecule has 3 N–H and O–H groups in total. The number of hydrogen-bond acceptors (Lipinski definition) is 7. The highest BCUT2D eigenvalue weighted by atomic mass is 32.2. The molecular weight excluding hydrogens is 423 g/mol. The minimum Gasteiger partial charge on any atom is -0.335 e. The van der Waals surface area contributed by atoms with Gasteiger partial charge in [-0.3, -0.25) is 4.79 Å². The van der Waals surface area contributed by atoms with Crippen molar-refractivity contribution in [2.45, 2.75) is 17.3 Å². The number of nitrogen functional groups attached to an aromatic ring is 1. The summed E-state index contributed by atoms with van der Waals surface area (Å²) < 4.78 is 14.7. The molecule has 2 aromatic heterocycles. The van der Waals surface area contributed by atoms with Crippen molar-refractivity contribution in [3.05, 3.63) is 65.8 Å². The van der Waals surface area contributed by atoms with E-state index in [0.717, 1.165) is 23.0 Å². The first-order valence-electron chi connectivity index (χ1n) is 8.96. The third-order valence-corrected chi connectivity index (χ3v) is 6.02. The van der Waals surface area contributed by atoms with Crippen LogP contribution >= 0.6 is 23.1 Å². The van der Waals surface area contributed by atoms with E-state index in [1.54, 1.807) is 19.1 Å². The number of amides is 1. The molecule has 0 aliphatic heterocycles. The Morgan fingerprint density at radius 1 is 1.17 bits per heavy atom. The van der Waals surface area contributed by atoms with Gasteiger partial charge in [0.15, 0.2) is 11.0 Å². The first kappa shape index (κ1) is 20.0. The third kappa shape index (κ3) is 4.34. The van der Waals surface area contributed by atoms with Crippen LogP contribution < -0.4 is 11.2 Å². The number of hydrogen-bond donors (Lipinski definition) is 2. The third-order valence-electron chi connectivity index (χ3n) is 4.20. The molecular formula is C20H17FN6OS2. The molecule has 30 heavy (non-hydrogen) atoms. The summed E-state index contributed by atoms with van der Waals surface area (Å²) in [4.78, 5) is 17.0. The van der Waals surface area contributed by atoms with Crippen molar-refractivity contribution in [2.75, 3.05) is 11.2 Å². The molecule has 7 nitrogen and oxygen atoms in total. The number of rotatable bonds is 6. The highest BCUT2D eigenvalue weighted by molar-refractivity contribution is 8.00. The first-order chi connectivity index (χ1) is 14.5. The molecule has 4 rings (SSSR count). The van der Waals surface area contributed by atoms with Crippen molar-refractivity contribution in [1.29, 1.82) is 0 Å². The van der Waals surface area contributed by atoms with Crippen LogP contribution in [0.4, 0.5) is 9.52 Å². The Hall–Kier alpha value is -3.24. The van der Waals surface area contributed by atoms with E-state index in [2.05, 4.69) is 20.5 Å². The molecule has 0 saturated carbocycles. The second-order valence-electron chi connectivity index (χ2n) is 6.34. The number of nitrogens with two attached hydrogens (primary N) is 1. The van der Waals surface area contributed by atoms with Gasteiger partial charge >= 0.3 is 0 Å². The Morgan fingerprint density at radius 3 is 2.70 bits per heavy atom.